The largest absolute Gasteiger partial charge is 0.324 e. The molecule has 0 saturated heterocycles. The molecule has 1 aliphatic rings. The van der Waals surface area contributed by atoms with Crippen molar-refractivity contribution in [3.05, 3.63) is 53.8 Å². The fourth-order valence-corrected chi connectivity index (χ4v) is 4.49. The lowest BCUT2D eigenvalue weighted by Gasteiger charge is -2.20. The first-order valence-electron chi connectivity index (χ1n) is 9.16. The van der Waals surface area contributed by atoms with Crippen LogP contribution in [0.25, 0.3) is 0 Å². The van der Waals surface area contributed by atoms with Gasteiger partial charge in [0.1, 0.15) is 5.82 Å². The minimum absolute atomic E-state index is 0.0320. The average Bonchev–Trinajstić information content (AvgIpc) is 2.98. The van der Waals surface area contributed by atoms with Crippen LogP contribution < -0.4 is 14.9 Å². The highest BCUT2D eigenvalue weighted by Crippen LogP contribution is 2.33. The van der Waals surface area contributed by atoms with E-state index in [4.69, 9.17) is 0 Å². The molecular weight excluding hydrogens is 397 g/mol. The zero-order valence-corrected chi connectivity index (χ0v) is 16.9. The van der Waals surface area contributed by atoms with Crippen LogP contribution in [-0.2, 0) is 26.0 Å². The molecule has 1 atom stereocenters. The van der Waals surface area contributed by atoms with Gasteiger partial charge in [0.05, 0.1) is 10.6 Å². The number of fused-ring (bicyclic) bond motifs is 1. The van der Waals surface area contributed by atoms with Gasteiger partial charge in [-0.3, -0.25) is 9.59 Å². The molecule has 2 aromatic carbocycles. The Kier molecular flexibility index (Phi) is 5.99. The second kappa shape index (κ2) is 8.30. The van der Waals surface area contributed by atoms with Crippen LogP contribution in [0.4, 0.5) is 15.8 Å². The Balaban J connectivity index is 1.62. The number of halogens is 1. The highest BCUT2D eigenvalue weighted by Gasteiger charge is 2.30. The molecule has 0 aromatic heterocycles. The van der Waals surface area contributed by atoms with Crippen LogP contribution in [0.1, 0.15) is 25.8 Å². The highest BCUT2D eigenvalue weighted by atomic mass is 32.2. The van der Waals surface area contributed by atoms with E-state index in [1.165, 1.54) is 31.2 Å². The molecule has 0 fully saturated rings. The van der Waals surface area contributed by atoms with Gasteiger partial charge in [0.2, 0.25) is 21.8 Å². The van der Waals surface area contributed by atoms with Crippen molar-refractivity contribution < 1.29 is 22.4 Å². The number of hydrogen-bond donors (Lipinski definition) is 2. The smallest absolute Gasteiger partial charge is 0.240 e. The SMILES string of the molecule is CC(=O)N1c2ccc(S(=O)(=O)NCCC(=O)Nc3ccccc3F)cc2CC1C. The number of carbonyl (C=O) groups is 2. The number of amides is 2. The fraction of sp³-hybridized carbons (Fsp3) is 0.300. The van der Waals surface area contributed by atoms with Gasteiger partial charge in [-0.25, -0.2) is 17.5 Å². The zero-order valence-electron chi connectivity index (χ0n) is 16.1. The molecule has 1 heterocycles. The van der Waals surface area contributed by atoms with Crippen LogP contribution in [0.2, 0.25) is 0 Å². The number of nitrogens with zero attached hydrogens (tertiary/aromatic N) is 1. The molecule has 2 N–H and O–H groups in total. The Labute approximate surface area is 169 Å². The number of nitrogens with one attached hydrogen (secondary N) is 2. The number of hydrogen-bond acceptors (Lipinski definition) is 4. The summed E-state index contributed by atoms with van der Waals surface area (Å²) < 4.78 is 41.0. The number of sulfonamides is 1. The summed E-state index contributed by atoms with van der Waals surface area (Å²) in [6.07, 6.45) is 0.428. The van der Waals surface area contributed by atoms with E-state index in [-0.39, 0.29) is 35.5 Å². The van der Waals surface area contributed by atoms with E-state index in [1.807, 2.05) is 6.92 Å². The van der Waals surface area contributed by atoms with E-state index in [1.54, 1.807) is 23.1 Å². The molecular formula is C20H22FN3O4S. The molecule has 0 spiro atoms. The van der Waals surface area contributed by atoms with Crippen molar-refractivity contribution in [2.24, 2.45) is 0 Å². The highest BCUT2D eigenvalue weighted by molar-refractivity contribution is 7.89. The van der Waals surface area contributed by atoms with E-state index in [9.17, 15) is 22.4 Å². The zero-order chi connectivity index (χ0) is 21.2. The van der Waals surface area contributed by atoms with Gasteiger partial charge in [-0.1, -0.05) is 12.1 Å². The fourth-order valence-electron chi connectivity index (χ4n) is 3.41. The molecule has 1 aliphatic heterocycles. The van der Waals surface area contributed by atoms with Crippen LogP contribution in [0.15, 0.2) is 47.4 Å². The average molecular weight is 419 g/mol. The number of rotatable bonds is 6. The molecule has 2 aromatic rings. The standard InChI is InChI=1S/C20H22FN3O4S/c1-13-11-15-12-16(7-8-19(15)24(13)14(2)25)29(27,28)22-10-9-20(26)23-18-6-4-3-5-17(18)21/h3-8,12-13,22H,9-11H2,1-2H3,(H,23,26). The summed E-state index contributed by atoms with van der Waals surface area (Å²) in [5.74, 6) is -1.16. The van der Waals surface area contributed by atoms with Gasteiger partial charge in [-0.15, -0.1) is 0 Å². The van der Waals surface area contributed by atoms with E-state index < -0.39 is 21.7 Å². The monoisotopic (exact) mass is 419 g/mol. The molecule has 3 rings (SSSR count). The summed E-state index contributed by atoms with van der Waals surface area (Å²) >= 11 is 0. The lowest BCUT2D eigenvalue weighted by molar-refractivity contribution is -0.117. The summed E-state index contributed by atoms with van der Waals surface area (Å²) in [6, 6.07) is 10.3. The Morgan fingerprint density at radius 2 is 1.93 bits per heavy atom. The molecule has 7 nitrogen and oxygen atoms in total. The maximum Gasteiger partial charge on any atom is 0.240 e. The normalized spacial score (nSPS) is 15.8. The molecule has 1 unspecified atom stereocenters. The Bertz CT molecular complexity index is 1060. The molecule has 0 aliphatic carbocycles. The Hall–Kier alpha value is -2.78. The molecule has 154 valence electrons. The molecule has 0 bridgehead atoms. The van der Waals surface area contributed by atoms with Crippen molar-refractivity contribution in [3.63, 3.8) is 0 Å². The number of benzene rings is 2. The lowest BCUT2D eigenvalue weighted by Crippen LogP contribution is -2.33. The second-order valence-electron chi connectivity index (χ2n) is 6.91. The number of para-hydroxylation sites is 1. The third-order valence-corrected chi connectivity index (χ3v) is 6.17. The van der Waals surface area contributed by atoms with Crippen molar-refractivity contribution in [1.82, 2.24) is 4.72 Å². The quantitative estimate of drug-likeness (QED) is 0.752. The molecule has 0 radical (unpaired) electrons. The predicted molar refractivity (Wildman–Crippen MR) is 108 cm³/mol. The molecule has 2 amide bonds. The van der Waals surface area contributed by atoms with Crippen molar-refractivity contribution >= 4 is 33.2 Å². The Morgan fingerprint density at radius 1 is 1.21 bits per heavy atom. The van der Waals surface area contributed by atoms with Crippen LogP contribution in [-0.4, -0.2) is 32.8 Å². The minimum atomic E-state index is -3.82. The third-order valence-electron chi connectivity index (χ3n) is 4.71. The third kappa shape index (κ3) is 4.63. The van der Waals surface area contributed by atoms with Crippen molar-refractivity contribution in [3.8, 4) is 0 Å². The summed E-state index contributed by atoms with van der Waals surface area (Å²) in [4.78, 5) is 25.4. The topological polar surface area (TPSA) is 95.6 Å². The lowest BCUT2D eigenvalue weighted by atomic mass is 10.1. The van der Waals surface area contributed by atoms with Crippen molar-refractivity contribution in [2.75, 3.05) is 16.8 Å². The van der Waals surface area contributed by atoms with Gasteiger partial charge in [0, 0.05) is 31.6 Å². The summed E-state index contributed by atoms with van der Waals surface area (Å²) in [5, 5.41) is 2.40. The van der Waals surface area contributed by atoms with Gasteiger partial charge in [0.25, 0.3) is 0 Å². The minimum Gasteiger partial charge on any atom is -0.324 e. The summed E-state index contributed by atoms with van der Waals surface area (Å²) in [6.45, 7) is 3.25. The van der Waals surface area contributed by atoms with Crippen LogP contribution >= 0.6 is 0 Å². The maximum absolute atomic E-state index is 13.5. The number of anilines is 2. The van der Waals surface area contributed by atoms with E-state index in [2.05, 4.69) is 10.0 Å². The van der Waals surface area contributed by atoms with E-state index in [0.29, 0.717) is 12.1 Å². The van der Waals surface area contributed by atoms with E-state index in [0.717, 1.165) is 5.56 Å². The first kappa shape index (κ1) is 20.9. The summed E-state index contributed by atoms with van der Waals surface area (Å²) in [5.41, 5.74) is 1.55. The van der Waals surface area contributed by atoms with Crippen LogP contribution in [0, 0.1) is 5.82 Å². The predicted octanol–water partition coefficient (Wildman–Crippen LogP) is 2.43. The van der Waals surface area contributed by atoms with Gasteiger partial charge in [0.15, 0.2) is 0 Å². The first-order valence-corrected chi connectivity index (χ1v) is 10.6. The molecule has 0 saturated carbocycles. The summed E-state index contributed by atoms with van der Waals surface area (Å²) in [7, 11) is -3.82. The van der Waals surface area contributed by atoms with Gasteiger partial charge < -0.3 is 10.2 Å². The first-order chi connectivity index (χ1) is 13.7. The van der Waals surface area contributed by atoms with Gasteiger partial charge in [-0.2, -0.15) is 0 Å². The van der Waals surface area contributed by atoms with Crippen LogP contribution in [0.3, 0.4) is 0 Å². The maximum atomic E-state index is 13.5. The van der Waals surface area contributed by atoms with E-state index >= 15 is 0 Å². The van der Waals surface area contributed by atoms with Crippen molar-refractivity contribution in [1.29, 1.82) is 0 Å². The Morgan fingerprint density at radius 3 is 2.62 bits per heavy atom. The number of carbonyl (C=O) groups excluding carboxylic acids is 2. The van der Waals surface area contributed by atoms with Gasteiger partial charge >= 0.3 is 0 Å². The van der Waals surface area contributed by atoms with Crippen LogP contribution in [0.5, 0.6) is 0 Å². The molecule has 29 heavy (non-hydrogen) atoms. The second-order valence-corrected chi connectivity index (χ2v) is 8.68. The van der Waals surface area contributed by atoms with Crippen molar-refractivity contribution in [2.45, 2.75) is 37.6 Å². The van der Waals surface area contributed by atoms with Gasteiger partial charge in [-0.05, 0) is 49.2 Å². The molecule has 9 heteroatoms.